The van der Waals surface area contributed by atoms with Gasteiger partial charge in [0.1, 0.15) is 5.75 Å². The number of fused-ring (bicyclic) bond motifs is 1. The Kier molecular flexibility index (Phi) is 2.34. The van der Waals surface area contributed by atoms with Crippen LogP contribution in [0.3, 0.4) is 0 Å². The van der Waals surface area contributed by atoms with Crippen molar-refractivity contribution in [1.29, 1.82) is 0 Å². The molecule has 0 fully saturated rings. The number of hydrogen-bond acceptors (Lipinski definition) is 2. The van der Waals surface area contributed by atoms with Crippen molar-refractivity contribution in [2.75, 3.05) is 7.11 Å². The summed E-state index contributed by atoms with van der Waals surface area (Å²) in [4.78, 5) is 0. The fourth-order valence-corrected chi connectivity index (χ4v) is 2.29. The molecule has 2 rings (SSSR count). The van der Waals surface area contributed by atoms with E-state index in [9.17, 15) is 13.2 Å². The third kappa shape index (κ3) is 1.79. The third-order valence-corrected chi connectivity index (χ3v) is 3.01. The monoisotopic (exact) mass is 232 g/mol. The van der Waals surface area contributed by atoms with Crippen LogP contribution in [0.5, 0.6) is 5.75 Å². The van der Waals surface area contributed by atoms with Crippen LogP contribution in [0.4, 0.5) is 13.2 Å². The van der Waals surface area contributed by atoms with E-state index >= 15 is 0 Å². The van der Waals surface area contributed by atoms with Gasteiger partial charge >= 0.3 is 6.18 Å². The second kappa shape index (κ2) is 3.41. The van der Waals surface area contributed by atoms with Crippen LogP contribution in [0.25, 0.3) is 10.1 Å². The molecule has 0 N–H and O–H groups in total. The number of methoxy groups -OCH3 is 1. The molecule has 15 heavy (non-hydrogen) atoms. The van der Waals surface area contributed by atoms with Crippen molar-refractivity contribution in [1.82, 2.24) is 0 Å². The maximum Gasteiger partial charge on any atom is 0.416 e. The van der Waals surface area contributed by atoms with E-state index in [0.717, 1.165) is 17.5 Å². The molecule has 5 heteroatoms. The van der Waals surface area contributed by atoms with E-state index in [0.29, 0.717) is 10.4 Å². The van der Waals surface area contributed by atoms with Gasteiger partial charge in [0, 0.05) is 15.5 Å². The van der Waals surface area contributed by atoms with Gasteiger partial charge < -0.3 is 4.74 Å². The van der Waals surface area contributed by atoms with Gasteiger partial charge in [-0.25, -0.2) is 0 Å². The highest BCUT2D eigenvalue weighted by molar-refractivity contribution is 7.17. The summed E-state index contributed by atoms with van der Waals surface area (Å²) in [6, 6.07) is 3.65. The van der Waals surface area contributed by atoms with Crippen molar-refractivity contribution < 1.29 is 17.9 Å². The van der Waals surface area contributed by atoms with Gasteiger partial charge in [0.05, 0.1) is 12.7 Å². The lowest BCUT2D eigenvalue weighted by Crippen LogP contribution is -2.03. The summed E-state index contributed by atoms with van der Waals surface area (Å²) in [5, 5.41) is 2.42. The molecule has 0 amide bonds. The minimum atomic E-state index is -4.29. The van der Waals surface area contributed by atoms with Gasteiger partial charge in [-0.15, -0.1) is 11.3 Å². The van der Waals surface area contributed by atoms with Gasteiger partial charge in [0.2, 0.25) is 0 Å². The lowest BCUT2D eigenvalue weighted by atomic mass is 10.1. The smallest absolute Gasteiger partial charge is 0.416 e. The van der Waals surface area contributed by atoms with Crippen LogP contribution in [0.1, 0.15) is 5.56 Å². The third-order valence-electron chi connectivity index (χ3n) is 2.09. The molecule has 1 aromatic carbocycles. The van der Waals surface area contributed by atoms with Crippen LogP contribution in [-0.4, -0.2) is 7.11 Å². The van der Waals surface area contributed by atoms with Crippen molar-refractivity contribution in [3.8, 4) is 5.75 Å². The number of ether oxygens (including phenoxy) is 1. The van der Waals surface area contributed by atoms with Gasteiger partial charge in [-0.3, -0.25) is 0 Å². The van der Waals surface area contributed by atoms with Crippen LogP contribution in [-0.2, 0) is 6.18 Å². The van der Waals surface area contributed by atoms with Gasteiger partial charge in [-0.05, 0) is 18.2 Å². The summed E-state index contributed by atoms with van der Waals surface area (Å²) >= 11 is 1.24. The van der Waals surface area contributed by atoms with Gasteiger partial charge in [0.25, 0.3) is 0 Å². The molecular weight excluding hydrogens is 225 g/mol. The molecule has 1 nitrogen and oxygen atoms in total. The number of thiophene rings is 1. The van der Waals surface area contributed by atoms with E-state index < -0.39 is 11.7 Å². The second-order valence-corrected chi connectivity index (χ2v) is 3.92. The largest absolute Gasteiger partial charge is 0.495 e. The van der Waals surface area contributed by atoms with Crippen molar-refractivity contribution in [3.05, 3.63) is 29.1 Å². The Morgan fingerprint density at radius 2 is 2.00 bits per heavy atom. The standard InChI is InChI=1S/C10H7F3OS/c1-14-8-5-15-9-4-6(10(11,12)13)2-3-7(8)9/h2-5H,1H3. The predicted octanol–water partition coefficient (Wildman–Crippen LogP) is 3.93. The van der Waals surface area contributed by atoms with Gasteiger partial charge in [0.15, 0.2) is 0 Å². The Bertz CT molecular complexity index is 487. The molecule has 1 aromatic heterocycles. The Balaban J connectivity index is 2.58. The lowest BCUT2D eigenvalue weighted by molar-refractivity contribution is -0.137. The highest BCUT2D eigenvalue weighted by Crippen LogP contribution is 2.37. The Morgan fingerprint density at radius 1 is 1.27 bits per heavy atom. The zero-order chi connectivity index (χ0) is 11.1. The topological polar surface area (TPSA) is 9.23 Å². The molecule has 0 bridgehead atoms. The molecule has 0 aliphatic heterocycles. The maximum absolute atomic E-state index is 12.4. The summed E-state index contributed by atoms with van der Waals surface area (Å²) in [5.41, 5.74) is -0.625. The van der Waals surface area contributed by atoms with Crippen LogP contribution >= 0.6 is 11.3 Å². The van der Waals surface area contributed by atoms with Crippen LogP contribution in [0.15, 0.2) is 23.6 Å². The number of halogens is 3. The first-order chi connectivity index (χ1) is 7.02. The van der Waals surface area contributed by atoms with Gasteiger partial charge in [-0.1, -0.05) is 0 Å². The Hall–Kier alpha value is -1.23. The first kappa shape index (κ1) is 10.3. The number of alkyl halides is 3. The highest BCUT2D eigenvalue weighted by Gasteiger charge is 2.30. The Morgan fingerprint density at radius 3 is 2.60 bits per heavy atom. The normalized spacial score (nSPS) is 12.0. The molecule has 2 aromatic rings. The second-order valence-electron chi connectivity index (χ2n) is 3.01. The molecule has 0 spiro atoms. The fraction of sp³-hybridized carbons (Fsp3) is 0.200. The minimum Gasteiger partial charge on any atom is -0.495 e. The average Bonchev–Trinajstić information content (AvgIpc) is 2.58. The van der Waals surface area contributed by atoms with Crippen molar-refractivity contribution >= 4 is 21.4 Å². The van der Waals surface area contributed by atoms with E-state index in [-0.39, 0.29) is 0 Å². The quantitative estimate of drug-likeness (QED) is 0.723. The van der Waals surface area contributed by atoms with Crippen molar-refractivity contribution in [2.45, 2.75) is 6.18 Å². The molecule has 80 valence electrons. The van der Waals surface area contributed by atoms with Crippen molar-refractivity contribution in [2.24, 2.45) is 0 Å². The first-order valence-corrected chi connectivity index (χ1v) is 5.03. The Labute approximate surface area is 88.1 Å². The molecule has 0 saturated heterocycles. The summed E-state index contributed by atoms with van der Waals surface area (Å²) in [7, 11) is 1.50. The maximum atomic E-state index is 12.4. The molecule has 0 aliphatic carbocycles. The minimum absolute atomic E-state index is 0.585. The summed E-state index contributed by atoms with van der Waals surface area (Å²) in [6.45, 7) is 0. The number of benzene rings is 1. The van der Waals surface area contributed by atoms with Crippen LogP contribution in [0, 0.1) is 0 Å². The molecule has 0 aliphatic rings. The van der Waals surface area contributed by atoms with E-state index in [4.69, 9.17) is 4.74 Å². The lowest BCUT2D eigenvalue weighted by Gasteiger charge is -2.06. The summed E-state index contributed by atoms with van der Waals surface area (Å²) in [6.07, 6.45) is -4.29. The molecular formula is C10H7F3OS. The SMILES string of the molecule is COc1csc2cc(C(F)(F)F)ccc12. The molecule has 0 saturated carbocycles. The number of hydrogen-bond donors (Lipinski definition) is 0. The molecule has 0 unspecified atom stereocenters. The molecule has 0 atom stereocenters. The number of rotatable bonds is 1. The zero-order valence-electron chi connectivity index (χ0n) is 7.76. The molecule has 1 heterocycles. The summed E-state index contributed by atoms with van der Waals surface area (Å²) in [5.74, 6) is 0.615. The van der Waals surface area contributed by atoms with E-state index in [1.165, 1.54) is 24.5 Å². The van der Waals surface area contributed by atoms with E-state index in [1.807, 2.05) is 0 Å². The van der Waals surface area contributed by atoms with Gasteiger partial charge in [-0.2, -0.15) is 13.2 Å². The van der Waals surface area contributed by atoms with Crippen LogP contribution < -0.4 is 4.74 Å². The first-order valence-electron chi connectivity index (χ1n) is 4.15. The highest BCUT2D eigenvalue weighted by atomic mass is 32.1. The zero-order valence-corrected chi connectivity index (χ0v) is 8.58. The van der Waals surface area contributed by atoms with E-state index in [1.54, 1.807) is 5.38 Å². The summed E-state index contributed by atoms with van der Waals surface area (Å²) < 4.78 is 42.7. The fourth-order valence-electron chi connectivity index (χ4n) is 1.34. The predicted molar refractivity (Wildman–Crippen MR) is 53.4 cm³/mol. The van der Waals surface area contributed by atoms with Crippen molar-refractivity contribution in [3.63, 3.8) is 0 Å². The molecule has 0 radical (unpaired) electrons. The van der Waals surface area contributed by atoms with E-state index in [2.05, 4.69) is 0 Å². The van der Waals surface area contributed by atoms with Crippen LogP contribution in [0.2, 0.25) is 0 Å². The average molecular weight is 232 g/mol.